The summed E-state index contributed by atoms with van der Waals surface area (Å²) in [6.45, 7) is 1.89. The van der Waals surface area contributed by atoms with Crippen molar-refractivity contribution in [3.05, 3.63) is 22.7 Å². The Morgan fingerprint density at radius 2 is 2.44 bits per heavy atom. The Kier molecular flexibility index (Phi) is 4.57. The topological polar surface area (TPSA) is 59.6 Å². The maximum atomic E-state index is 11.9. The van der Waals surface area contributed by atoms with Crippen molar-refractivity contribution in [3.63, 3.8) is 0 Å². The average Bonchev–Trinajstić information content (AvgIpc) is 2.42. The minimum atomic E-state index is -0.437. The number of ether oxygens (including phenoxy) is 2. The fraction of sp³-hybridized carbons (Fsp3) is 0.417. The first kappa shape index (κ1) is 13.3. The van der Waals surface area contributed by atoms with Crippen LogP contribution in [0.2, 0.25) is 0 Å². The number of hydrogen-bond acceptors (Lipinski definition) is 4. The van der Waals surface area contributed by atoms with Crippen LogP contribution < -0.4 is 15.4 Å². The monoisotopic (exact) mass is 314 g/mol. The molecule has 0 radical (unpaired) electrons. The summed E-state index contributed by atoms with van der Waals surface area (Å²) in [4.78, 5) is 11.9. The Morgan fingerprint density at radius 3 is 3.11 bits per heavy atom. The van der Waals surface area contributed by atoms with Crippen LogP contribution in [0.5, 0.6) is 5.75 Å². The van der Waals surface area contributed by atoms with Crippen molar-refractivity contribution >= 4 is 27.5 Å². The third-order valence-corrected chi connectivity index (χ3v) is 3.29. The molecule has 2 rings (SSSR count). The van der Waals surface area contributed by atoms with E-state index >= 15 is 0 Å². The van der Waals surface area contributed by atoms with Gasteiger partial charge < -0.3 is 20.1 Å². The molecule has 0 spiro atoms. The van der Waals surface area contributed by atoms with Crippen molar-refractivity contribution in [3.8, 4) is 5.75 Å². The number of nitrogens with one attached hydrogen (secondary N) is 2. The lowest BCUT2D eigenvalue weighted by atomic mass is 10.2. The number of hydrogen-bond donors (Lipinski definition) is 2. The summed E-state index contributed by atoms with van der Waals surface area (Å²) in [6, 6.07) is 5.40. The van der Waals surface area contributed by atoms with Crippen LogP contribution in [0.4, 0.5) is 5.69 Å². The minimum Gasteiger partial charge on any atom is -0.495 e. The lowest BCUT2D eigenvalue weighted by molar-refractivity contribution is -0.128. The maximum absolute atomic E-state index is 11.9. The molecule has 0 bridgehead atoms. The van der Waals surface area contributed by atoms with Gasteiger partial charge in [0.05, 0.1) is 18.2 Å². The summed E-state index contributed by atoms with van der Waals surface area (Å²) in [5.41, 5.74) is 0.689. The van der Waals surface area contributed by atoms with E-state index in [1.165, 1.54) is 0 Å². The van der Waals surface area contributed by atoms with Crippen molar-refractivity contribution < 1.29 is 14.3 Å². The highest BCUT2D eigenvalue weighted by molar-refractivity contribution is 9.10. The van der Waals surface area contributed by atoms with E-state index in [0.29, 0.717) is 24.6 Å². The smallest absolute Gasteiger partial charge is 0.254 e. The fourth-order valence-corrected chi connectivity index (χ4v) is 2.10. The van der Waals surface area contributed by atoms with Gasteiger partial charge in [0.25, 0.3) is 5.91 Å². The molecule has 1 unspecified atom stereocenters. The predicted molar refractivity (Wildman–Crippen MR) is 71.9 cm³/mol. The number of morpholine rings is 1. The van der Waals surface area contributed by atoms with Crippen LogP contribution in [-0.2, 0) is 9.53 Å². The van der Waals surface area contributed by atoms with Gasteiger partial charge in [-0.25, -0.2) is 0 Å². The average molecular weight is 315 g/mol. The number of rotatable bonds is 3. The van der Waals surface area contributed by atoms with Crippen molar-refractivity contribution in [2.24, 2.45) is 0 Å². The molecule has 0 aliphatic carbocycles. The van der Waals surface area contributed by atoms with Crippen LogP contribution in [0.3, 0.4) is 0 Å². The highest BCUT2D eigenvalue weighted by atomic mass is 79.9. The standard InChI is InChI=1S/C12H15BrN2O3/c1-17-10-6-8(2-3-9(10)13)15-12(16)11-7-14-4-5-18-11/h2-3,6,11,14H,4-5,7H2,1H3,(H,15,16). The zero-order valence-electron chi connectivity index (χ0n) is 10.0. The number of halogens is 1. The summed E-state index contributed by atoms with van der Waals surface area (Å²) in [5.74, 6) is 0.530. The van der Waals surface area contributed by atoms with Gasteiger partial charge in [0.2, 0.25) is 0 Å². The van der Waals surface area contributed by atoms with Crippen molar-refractivity contribution in [1.82, 2.24) is 5.32 Å². The van der Waals surface area contributed by atoms with E-state index in [1.807, 2.05) is 6.07 Å². The predicted octanol–water partition coefficient (Wildman–Crippen LogP) is 1.38. The van der Waals surface area contributed by atoms with E-state index in [4.69, 9.17) is 9.47 Å². The van der Waals surface area contributed by atoms with E-state index in [1.54, 1.807) is 19.2 Å². The van der Waals surface area contributed by atoms with Crippen molar-refractivity contribution in [2.45, 2.75) is 6.10 Å². The SMILES string of the molecule is COc1cc(NC(=O)C2CNCCO2)ccc1Br. The molecule has 1 fully saturated rings. The van der Waals surface area contributed by atoms with Gasteiger partial charge in [-0.1, -0.05) is 0 Å². The van der Waals surface area contributed by atoms with Crippen LogP contribution in [0.1, 0.15) is 0 Å². The Balaban J connectivity index is 2.02. The molecular weight excluding hydrogens is 300 g/mol. The molecule has 1 aliphatic rings. The molecule has 1 atom stereocenters. The van der Waals surface area contributed by atoms with E-state index in [-0.39, 0.29) is 5.91 Å². The highest BCUT2D eigenvalue weighted by Crippen LogP contribution is 2.27. The number of methoxy groups -OCH3 is 1. The lowest BCUT2D eigenvalue weighted by Crippen LogP contribution is -2.45. The highest BCUT2D eigenvalue weighted by Gasteiger charge is 2.21. The quantitative estimate of drug-likeness (QED) is 0.885. The van der Waals surface area contributed by atoms with Gasteiger partial charge in [0.15, 0.2) is 0 Å². The summed E-state index contributed by atoms with van der Waals surface area (Å²) in [7, 11) is 1.58. The second kappa shape index (κ2) is 6.17. The number of carbonyl (C=O) groups excluding carboxylic acids is 1. The number of benzene rings is 1. The molecule has 98 valence electrons. The summed E-state index contributed by atoms with van der Waals surface area (Å²) >= 11 is 3.36. The summed E-state index contributed by atoms with van der Waals surface area (Å²) in [6.07, 6.45) is -0.437. The van der Waals surface area contributed by atoms with Crippen LogP contribution in [0.25, 0.3) is 0 Å². The Morgan fingerprint density at radius 1 is 1.61 bits per heavy atom. The molecule has 1 amide bonds. The van der Waals surface area contributed by atoms with Gasteiger partial charge in [-0.05, 0) is 28.1 Å². The van der Waals surface area contributed by atoms with Gasteiger partial charge >= 0.3 is 0 Å². The normalized spacial score (nSPS) is 19.3. The molecular formula is C12H15BrN2O3. The lowest BCUT2D eigenvalue weighted by Gasteiger charge is -2.22. The third-order valence-electron chi connectivity index (χ3n) is 2.64. The first-order valence-corrected chi connectivity index (χ1v) is 6.46. The Labute approximate surface area is 114 Å². The van der Waals surface area contributed by atoms with E-state index in [0.717, 1.165) is 11.0 Å². The second-order valence-corrected chi connectivity index (χ2v) is 4.76. The van der Waals surface area contributed by atoms with Gasteiger partial charge in [-0.2, -0.15) is 0 Å². The van der Waals surface area contributed by atoms with Crippen molar-refractivity contribution in [1.29, 1.82) is 0 Å². The first-order chi connectivity index (χ1) is 8.70. The number of anilines is 1. The van der Waals surface area contributed by atoms with Crippen molar-refractivity contribution in [2.75, 3.05) is 32.1 Å². The molecule has 2 N–H and O–H groups in total. The maximum Gasteiger partial charge on any atom is 0.254 e. The zero-order valence-corrected chi connectivity index (χ0v) is 11.6. The molecule has 5 nitrogen and oxygen atoms in total. The second-order valence-electron chi connectivity index (χ2n) is 3.90. The fourth-order valence-electron chi connectivity index (χ4n) is 1.69. The molecule has 6 heteroatoms. The van der Waals surface area contributed by atoms with Crippen LogP contribution in [0, 0.1) is 0 Å². The first-order valence-electron chi connectivity index (χ1n) is 5.67. The molecule has 0 saturated carbocycles. The van der Waals surface area contributed by atoms with E-state index in [2.05, 4.69) is 26.6 Å². The van der Waals surface area contributed by atoms with Gasteiger partial charge in [0.1, 0.15) is 11.9 Å². The van der Waals surface area contributed by atoms with Crippen LogP contribution in [0.15, 0.2) is 22.7 Å². The van der Waals surface area contributed by atoms with Crippen LogP contribution >= 0.6 is 15.9 Å². The Bertz CT molecular complexity index is 433. The zero-order chi connectivity index (χ0) is 13.0. The van der Waals surface area contributed by atoms with Gasteiger partial charge in [-0.3, -0.25) is 4.79 Å². The minimum absolute atomic E-state index is 0.147. The molecule has 0 aromatic heterocycles. The third kappa shape index (κ3) is 3.22. The van der Waals surface area contributed by atoms with Crippen LogP contribution in [-0.4, -0.2) is 38.8 Å². The molecule has 1 aliphatic heterocycles. The number of carbonyl (C=O) groups is 1. The Hall–Kier alpha value is -1.11. The largest absolute Gasteiger partial charge is 0.495 e. The molecule has 1 heterocycles. The summed E-state index contributed by atoms with van der Waals surface area (Å²) < 4.78 is 11.4. The van der Waals surface area contributed by atoms with E-state index < -0.39 is 6.10 Å². The summed E-state index contributed by atoms with van der Waals surface area (Å²) in [5, 5.41) is 5.92. The molecule has 18 heavy (non-hydrogen) atoms. The van der Waals surface area contributed by atoms with E-state index in [9.17, 15) is 4.79 Å². The molecule has 1 aromatic carbocycles. The van der Waals surface area contributed by atoms with Gasteiger partial charge in [-0.15, -0.1) is 0 Å². The molecule has 1 saturated heterocycles. The number of amides is 1. The molecule has 1 aromatic rings. The van der Waals surface area contributed by atoms with Gasteiger partial charge in [0, 0.05) is 24.8 Å².